The first kappa shape index (κ1) is 43.7. The summed E-state index contributed by atoms with van der Waals surface area (Å²) in [4.78, 5) is 12.8. The maximum Gasteiger partial charge on any atom is 0.220 e. The van der Waals surface area contributed by atoms with Crippen LogP contribution in [0.4, 0.5) is 0 Å². The second-order valence-corrected chi connectivity index (χ2v) is 13.4. The average molecular weight is 670 g/mol. The van der Waals surface area contributed by atoms with Crippen molar-refractivity contribution >= 4 is 5.91 Å². The fourth-order valence-corrected chi connectivity index (χ4v) is 5.88. The highest BCUT2D eigenvalue weighted by atomic mass is 16.7. The first-order chi connectivity index (χ1) is 22.8. The van der Waals surface area contributed by atoms with Gasteiger partial charge in [-0.15, -0.1) is 0 Å². The number of hydrogen-bond donors (Lipinski definition) is 6. The van der Waals surface area contributed by atoms with E-state index >= 15 is 0 Å². The molecule has 7 atom stereocenters. The number of carbonyl (C=O) groups is 1. The summed E-state index contributed by atoms with van der Waals surface area (Å²) in [6.45, 7) is 3.68. The molecule has 0 saturated carbocycles. The van der Waals surface area contributed by atoms with Crippen LogP contribution >= 0.6 is 0 Å². The molecule has 0 aliphatic carbocycles. The molecule has 1 rings (SSSR count). The topological polar surface area (TPSA) is 149 Å². The number of hydrogen-bond acceptors (Lipinski definition) is 8. The van der Waals surface area contributed by atoms with Gasteiger partial charge in [-0.25, -0.2) is 0 Å². The van der Waals surface area contributed by atoms with E-state index in [1.165, 1.54) is 96.3 Å². The molecule has 6 N–H and O–H groups in total. The smallest absolute Gasteiger partial charge is 0.220 e. The molecule has 1 aliphatic rings. The van der Waals surface area contributed by atoms with Gasteiger partial charge in [-0.2, -0.15) is 0 Å². The lowest BCUT2D eigenvalue weighted by molar-refractivity contribution is -0.302. The normalized spacial score (nSPS) is 23.1. The Morgan fingerprint density at radius 2 is 1.21 bits per heavy atom. The van der Waals surface area contributed by atoms with E-state index in [1.807, 2.05) is 6.08 Å². The third-order valence-corrected chi connectivity index (χ3v) is 9.03. The van der Waals surface area contributed by atoms with Crippen LogP contribution in [-0.2, 0) is 14.3 Å². The van der Waals surface area contributed by atoms with Crippen LogP contribution in [0.5, 0.6) is 0 Å². The Morgan fingerprint density at radius 1 is 0.702 bits per heavy atom. The Bertz CT molecular complexity index is 792. The maximum atomic E-state index is 12.8. The Morgan fingerprint density at radius 3 is 1.79 bits per heavy atom. The second-order valence-electron chi connectivity index (χ2n) is 13.4. The fraction of sp³-hybridized carbons (Fsp3) is 0.868. The van der Waals surface area contributed by atoms with Crippen LogP contribution in [0.15, 0.2) is 24.3 Å². The first-order valence-corrected chi connectivity index (χ1v) is 19.1. The highest BCUT2D eigenvalue weighted by Gasteiger charge is 2.44. The summed E-state index contributed by atoms with van der Waals surface area (Å²) >= 11 is 0. The van der Waals surface area contributed by atoms with Crippen molar-refractivity contribution < 1.29 is 39.8 Å². The second kappa shape index (κ2) is 29.6. The van der Waals surface area contributed by atoms with Gasteiger partial charge in [0.25, 0.3) is 0 Å². The number of carbonyl (C=O) groups excluding carboxylic acids is 1. The van der Waals surface area contributed by atoms with Crippen molar-refractivity contribution in [3.63, 3.8) is 0 Å². The molecular formula is C38H71NO8. The largest absolute Gasteiger partial charge is 0.394 e. The Balaban J connectivity index is 2.43. The summed E-state index contributed by atoms with van der Waals surface area (Å²) in [5, 5.41) is 53.7. The standard InChI is InChI=1S/C38H71NO8/c1-3-5-7-9-11-13-14-15-16-17-18-20-22-24-26-28-34(42)39-31(32(41)27-25-23-21-19-12-10-8-6-4-2)30-46-38-37(45)36(44)35(43)33(29-40)47-38/h12,19,25,27,31-33,35-38,40-41,43-45H,3-11,13-18,20-24,26,28-30H2,1-2H3,(H,39,42)/b19-12+,27-25+. The van der Waals surface area contributed by atoms with Crippen molar-refractivity contribution in [3.05, 3.63) is 24.3 Å². The minimum atomic E-state index is -1.57. The molecule has 0 aromatic heterocycles. The number of allylic oxidation sites excluding steroid dienone is 3. The van der Waals surface area contributed by atoms with E-state index in [-0.39, 0.29) is 12.5 Å². The summed E-state index contributed by atoms with van der Waals surface area (Å²) in [7, 11) is 0. The molecule has 0 radical (unpaired) electrons. The molecule has 0 bridgehead atoms. The van der Waals surface area contributed by atoms with Gasteiger partial charge in [0.1, 0.15) is 24.4 Å². The highest BCUT2D eigenvalue weighted by molar-refractivity contribution is 5.76. The lowest BCUT2D eigenvalue weighted by Gasteiger charge is -2.40. The number of ether oxygens (including phenoxy) is 2. The van der Waals surface area contributed by atoms with E-state index in [2.05, 4.69) is 31.3 Å². The number of nitrogens with one attached hydrogen (secondary N) is 1. The molecule has 0 aromatic carbocycles. The van der Waals surface area contributed by atoms with Gasteiger partial charge in [-0.1, -0.05) is 141 Å². The number of rotatable bonds is 30. The minimum Gasteiger partial charge on any atom is -0.394 e. The third-order valence-electron chi connectivity index (χ3n) is 9.03. The van der Waals surface area contributed by atoms with Crippen molar-refractivity contribution in [2.45, 2.75) is 198 Å². The zero-order valence-electron chi connectivity index (χ0n) is 29.8. The molecule has 1 aliphatic heterocycles. The van der Waals surface area contributed by atoms with Crippen LogP contribution in [0.25, 0.3) is 0 Å². The lowest BCUT2D eigenvalue weighted by atomic mass is 9.99. The summed E-state index contributed by atoms with van der Waals surface area (Å²) in [5.41, 5.74) is 0. The molecule has 9 nitrogen and oxygen atoms in total. The Kier molecular flexibility index (Phi) is 27.5. The summed E-state index contributed by atoms with van der Waals surface area (Å²) < 4.78 is 11.1. The molecule has 7 unspecified atom stereocenters. The van der Waals surface area contributed by atoms with Crippen LogP contribution in [0.2, 0.25) is 0 Å². The van der Waals surface area contributed by atoms with Crippen molar-refractivity contribution in [3.8, 4) is 0 Å². The predicted molar refractivity (Wildman–Crippen MR) is 189 cm³/mol. The zero-order valence-corrected chi connectivity index (χ0v) is 29.8. The SMILES string of the molecule is CCCCC/C=C/CC/C=C/C(O)C(COC1OC(CO)C(O)C(O)C1O)NC(=O)CCCCCCCCCCCCCCCCC. The van der Waals surface area contributed by atoms with Crippen molar-refractivity contribution in [2.75, 3.05) is 13.2 Å². The van der Waals surface area contributed by atoms with Gasteiger partial charge in [0.2, 0.25) is 5.91 Å². The number of unbranched alkanes of at least 4 members (excludes halogenated alkanes) is 18. The molecule has 1 fully saturated rings. The molecule has 1 saturated heterocycles. The van der Waals surface area contributed by atoms with Gasteiger partial charge < -0.3 is 40.3 Å². The summed E-state index contributed by atoms with van der Waals surface area (Å²) in [5.74, 6) is -0.190. The van der Waals surface area contributed by atoms with Crippen molar-refractivity contribution in [1.29, 1.82) is 0 Å². The van der Waals surface area contributed by atoms with Gasteiger partial charge in [0.05, 0.1) is 25.4 Å². The maximum absolute atomic E-state index is 12.8. The summed E-state index contributed by atoms with van der Waals surface area (Å²) in [6, 6.07) is -0.813. The van der Waals surface area contributed by atoms with E-state index in [0.29, 0.717) is 6.42 Å². The van der Waals surface area contributed by atoms with E-state index < -0.39 is 49.5 Å². The number of aliphatic hydroxyl groups is 5. The van der Waals surface area contributed by atoms with Crippen molar-refractivity contribution in [1.82, 2.24) is 5.32 Å². The third kappa shape index (κ3) is 21.4. The van der Waals surface area contributed by atoms with Gasteiger partial charge in [0, 0.05) is 6.42 Å². The molecule has 47 heavy (non-hydrogen) atoms. The molecule has 1 heterocycles. The highest BCUT2D eigenvalue weighted by Crippen LogP contribution is 2.22. The van der Waals surface area contributed by atoms with E-state index in [9.17, 15) is 30.3 Å². The quantitative estimate of drug-likeness (QED) is 0.0381. The monoisotopic (exact) mass is 670 g/mol. The molecule has 276 valence electrons. The van der Waals surface area contributed by atoms with Crippen LogP contribution in [0.1, 0.15) is 155 Å². The van der Waals surface area contributed by atoms with Crippen LogP contribution in [-0.4, -0.2) is 87.5 Å². The Labute approximate surface area is 286 Å². The first-order valence-electron chi connectivity index (χ1n) is 19.1. The lowest BCUT2D eigenvalue weighted by Crippen LogP contribution is -2.60. The molecule has 0 aromatic rings. The molecule has 9 heteroatoms. The van der Waals surface area contributed by atoms with Crippen LogP contribution < -0.4 is 5.32 Å². The minimum absolute atomic E-state index is 0.190. The average Bonchev–Trinajstić information content (AvgIpc) is 3.07. The molecular weight excluding hydrogens is 598 g/mol. The van der Waals surface area contributed by atoms with E-state index in [0.717, 1.165) is 38.5 Å². The van der Waals surface area contributed by atoms with Crippen LogP contribution in [0, 0.1) is 0 Å². The van der Waals surface area contributed by atoms with Gasteiger partial charge >= 0.3 is 0 Å². The van der Waals surface area contributed by atoms with E-state index in [4.69, 9.17) is 9.47 Å². The van der Waals surface area contributed by atoms with E-state index in [1.54, 1.807) is 6.08 Å². The van der Waals surface area contributed by atoms with Gasteiger partial charge in [-0.05, 0) is 32.1 Å². The molecule has 1 amide bonds. The van der Waals surface area contributed by atoms with Crippen molar-refractivity contribution in [2.24, 2.45) is 0 Å². The van der Waals surface area contributed by atoms with Crippen LogP contribution in [0.3, 0.4) is 0 Å². The molecule has 0 spiro atoms. The number of aliphatic hydroxyl groups excluding tert-OH is 5. The summed E-state index contributed by atoms with van der Waals surface area (Å²) in [6.07, 6.45) is 25.2. The predicted octanol–water partition coefficient (Wildman–Crippen LogP) is 6.38. The van der Waals surface area contributed by atoms with Gasteiger partial charge in [-0.3, -0.25) is 4.79 Å². The van der Waals surface area contributed by atoms with Gasteiger partial charge in [0.15, 0.2) is 6.29 Å². The fourth-order valence-electron chi connectivity index (χ4n) is 5.88. The number of amides is 1. The zero-order chi connectivity index (χ0) is 34.5. The Hall–Kier alpha value is -1.33.